The Morgan fingerprint density at radius 2 is 1.81 bits per heavy atom. The van der Waals surface area contributed by atoms with E-state index in [1.165, 1.54) is 38.5 Å². The molecule has 0 heterocycles. The first kappa shape index (κ1) is 11.1. The molecule has 92 valence electrons. The molecule has 1 N–H and O–H groups in total. The van der Waals surface area contributed by atoms with Crippen molar-refractivity contribution in [3.63, 3.8) is 0 Å². The van der Waals surface area contributed by atoms with Gasteiger partial charge in [-0.2, -0.15) is 0 Å². The van der Waals surface area contributed by atoms with Crippen molar-refractivity contribution >= 4 is 0 Å². The molecule has 16 heavy (non-hydrogen) atoms. The molecule has 0 amide bonds. The first-order valence-electron chi connectivity index (χ1n) is 7.29. The first-order chi connectivity index (χ1) is 7.53. The van der Waals surface area contributed by atoms with Crippen LogP contribution in [0.4, 0.5) is 0 Å². The fourth-order valence-electron chi connectivity index (χ4n) is 4.84. The third kappa shape index (κ3) is 1.92. The summed E-state index contributed by atoms with van der Waals surface area (Å²) in [4.78, 5) is 0. The monoisotopic (exact) mass is 221 g/mol. The molecule has 2 bridgehead atoms. The van der Waals surface area contributed by atoms with Crippen molar-refractivity contribution in [1.82, 2.24) is 5.32 Å². The Morgan fingerprint density at radius 3 is 2.31 bits per heavy atom. The fourth-order valence-corrected chi connectivity index (χ4v) is 4.84. The molecule has 5 unspecified atom stereocenters. The Labute approximate surface area is 100 Å². The summed E-state index contributed by atoms with van der Waals surface area (Å²) in [5.74, 6) is 2.99. The second-order valence-corrected chi connectivity index (χ2v) is 7.60. The highest BCUT2D eigenvalue weighted by Gasteiger charge is 2.43. The number of hydrogen-bond donors (Lipinski definition) is 1. The lowest BCUT2D eigenvalue weighted by Crippen LogP contribution is -2.42. The molecule has 0 radical (unpaired) electrons. The van der Waals surface area contributed by atoms with Crippen LogP contribution in [0, 0.1) is 23.2 Å². The van der Waals surface area contributed by atoms with Crippen LogP contribution in [0.25, 0.3) is 0 Å². The van der Waals surface area contributed by atoms with Gasteiger partial charge in [-0.25, -0.2) is 0 Å². The second-order valence-electron chi connectivity index (χ2n) is 7.60. The Kier molecular flexibility index (Phi) is 2.58. The van der Waals surface area contributed by atoms with E-state index in [0.717, 1.165) is 29.8 Å². The SMILES string of the molecule is CC1CC(C)(C)CC1NC1CC2CCC1C2. The summed E-state index contributed by atoms with van der Waals surface area (Å²) in [7, 11) is 0. The molecule has 1 nitrogen and oxygen atoms in total. The maximum Gasteiger partial charge on any atom is 0.0101 e. The third-order valence-corrected chi connectivity index (χ3v) is 5.50. The number of nitrogens with one attached hydrogen (secondary N) is 1. The smallest absolute Gasteiger partial charge is 0.0101 e. The van der Waals surface area contributed by atoms with Crippen LogP contribution in [-0.4, -0.2) is 12.1 Å². The van der Waals surface area contributed by atoms with Gasteiger partial charge in [-0.15, -0.1) is 0 Å². The van der Waals surface area contributed by atoms with Gasteiger partial charge in [0.1, 0.15) is 0 Å². The Balaban J connectivity index is 1.59. The molecule has 0 aliphatic heterocycles. The summed E-state index contributed by atoms with van der Waals surface area (Å²) >= 11 is 0. The van der Waals surface area contributed by atoms with E-state index in [2.05, 4.69) is 26.1 Å². The quantitative estimate of drug-likeness (QED) is 0.751. The van der Waals surface area contributed by atoms with E-state index in [9.17, 15) is 0 Å². The molecule has 0 aromatic rings. The summed E-state index contributed by atoms with van der Waals surface area (Å²) in [5.41, 5.74) is 0.578. The number of fused-ring (bicyclic) bond motifs is 2. The van der Waals surface area contributed by atoms with Crippen LogP contribution in [0.2, 0.25) is 0 Å². The van der Waals surface area contributed by atoms with E-state index in [0.29, 0.717) is 5.41 Å². The number of hydrogen-bond acceptors (Lipinski definition) is 1. The zero-order chi connectivity index (χ0) is 11.3. The van der Waals surface area contributed by atoms with E-state index >= 15 is 0 Å². The van der Waals surface area contributed by atoms with Gasteiger partial charge in [0.05, 0.1) is 0 Å². The Morgan fingerprint density at radius 1 is 1.00 bits per heavy atom. The number of rotatable bonds is 2. The zero-order valence-electron chi connectivity index (χ0n) is 11.1. The van der Waals surface area contributed by atoms with Crippen LogP contribution in [0.5, 0.6) is 0 Å². The lowest BCUT2D eigenvalue weighted by atomic mass is 9.90. The van der Waals surface area contributed by atoms with Gasteiger partial charge in [-0.05, 0) is 55.3 Å². The van der Waals surface area contributed by atoms with Crippen LogP contribution < -0.4 is 5.32 Å². The summed E-state index contributed by atoms with van der Waals surface area (Å²) in [6, 6.07) is 1.68. The summed E-state index contributed by atoms with van der Waals surface area (Å²) in [6.45, 7) is 7.32. The van der Waals surface area contributed by atoms with E-state index in [1.54, 1.807) is 0 Å². The van der Waals surface area contributed by atoms with E-state index in [4.69, 9.17) is 0 Å². The van der Waals surface area contributed by atoms with Gasteiger partial charge in [-0.1, -0.05) is 27.2 Å². The van der Waals surface area contributed by atoms with Crippen molar-refractivity contribution in [2.45, 2.75) is 71.4 Å². The molecule has 0 spiro atoms. The van der Waals surface area contributed by atoms with Gasteiger partial charge in [0, 0.05) is 12.1 Å². The molecule has 3 rings (SSSR count). The summed E-state index contributed by atoms with van der Waals surface area (Å²) in [5, 5.41) is 4.01. The summed E-state index contributed by atoms with van der Waals surface area (Å²) in [6.07, 6.45) is 8.84. The topological polar surface area (TPSA) is 12.0 Å². The maximum absolute atomic E-state index is 4.01. The van der Waals surface area contributed by atoms with Gasteiger partial charge < -0.3 is 5.32 Å². The lowest BCUT2D eigenvalue weighted by molar-refractivity contribution is 0.288. The van der Waals surface area contributed by atoms with Crippen molar-refractivity contribution in [3.05, 3.63) is 0 Å². The van der Waals surface area contributed by atoms with Gasteiger partial charge in [-0.3, -0.25) is 0 Å². The lowest BCUT2D eigenvalue weighted by Gasteiger charge is -2.29. The third-order valence-electron chi connectivity index (χ3n) is 5.50. The van der Waals surface area contributed by atoms with Gasteiger partial charge in [0.25, 0.3) is 0 Å². The van der Waals surface area contributed by atoms with Crippen LogP contribution in [0.3, 0.4) is 0 Å². The normalized spacial score (nSPS) is 50.1. The predicted octanol–water partition coefficient (Wildman–Crippen LogP) is 3.59. The van der Waals surface area contributed by atoms with E-state index in [1.807, 2.05) is 0 Å². The van der Waals surface area contributed by atoms with Crippen molar-refractivity contribution in [2.24, 2.45) is 23.2 Å². The molecule has 0 aromatic heterocycles. The minimum absolute atomic E-state index is 0.578. The molecule has 3 saturated carbocycles. The van der Waals surface area contributed by atoms with Crippen LogP contribution in [-0.2, 0) is 0 Å². The average Bonchev–Trinajstić information content (AvgIpc) is 2.81. The van der Waals surface area contributed by atoms with Crippen molar-refractivity contribution in [3.8, 4) is 0 Å². The van der Waals surface area contributed by atoms with Crippen molar-refractivity contribution in [1.29, 1.82) is 0 Å². The Hall–Kier alpha value is -0.0400. The molecule has 1 heteroatoms. The van der Waals surface area contributed by atoms with Crippen LogP contribution in [0.1, 0.15) is 59.3 Å². The van der Waals surface area contributed by atoms with Crippen molar-refractivity contribution < 1.29 is 0 Å². The predicted molar refractivity (Wildman–Crippen MR) is 68.3 cm³/mol. The van der Waals surface area contributed by atoms with Crippen LogP contribution >= 0.6 is 0 Å². The highest BCUT2D eigenvalue weighted by atomic mass is 15.0. The minimum atomic E-state index is 0.578. The highest BCUT2D eigenvalue weighted by Crippen LogP contribution is 2.46. The van der Waals surface area contributed by atoms with Gasteiger partial charge in [0.15, 0.2) is 0 Å². The Bertz CT molecular complexity index is 271. The maximum atomic E-state index is 4.01. The molecular weight excluding hydrogens is 194 g/mol. The minimum Gasteiger partial charge on any atom is -0.311 e. The molecule has 3 aliphatic rings. The largest absolute Gasteiger partial charge is 0.311 e. The zero-order valence-corrected chi connectivity index (χ0v) is 11.1. The molecule has 5 atom stereocenters. The van der Waals surface area contributed by atoms with Gasteiger partial charge >= 0.3 is 0 Å². The van der Waals surface area contributed by atoms with Crippen molar-refractivity contribution in [2.75, 3.05) is 0 Å². The second kappa shape index (κ2) is 3.73. The standard InChI is InChI=1S/C15H27N/c1-10-8-15(2,3)9-14(10)16-13-7-11-4-5-12(13)6-11/h10-14,16H,4-9H2,1-3H3. The first-order valence-corrected chi connectivity index (χ1v) is 7.29. The molecular formula is C15H27N. The van der Waals surface area contributed by atoms with E-state index in [-0.39, 0.29) is 0 Å². The molecule has 0 aromatic carbocycles. The van der Waals surface area contributed by atoms with Crippen LogP contribution in [0.15, 0.2) is 0 Å². The average molecular weight is 221 g/mol. The van der Waals surface area contributed by atoms with E-state index < -0.39 is 0 Å². The fraction of sp³-hybridized carbons (Fsp3) is 1.00. The summed E-state index contributed by atoms with van der Waals surface area (Å²) < 4.78 is 0. The molecule has 3 aliphatic carbocycles. The molecule has 3 fully saturated rings. The molecule has 0 saturated heterocycles. The highest BCUT2D eigenvalue weighted by molar-refractivity contribution is 4.99. The van der Waals surface area contributed by atoms with Gasteiger partial charge in [0.2, 0.25) is 0 Å².